The number of nitrogens with one attached hydrogen (secondary N) is 1. The third-order valence-electron chi connectivity index (χ3n) is 6.04. The first-order chi connectivity index (χ1) is 14.7. The lowest BCUT2D eigenvalue weighted by Gasteiger charge is -2.31. The molecule has 1 fully saturated rings. The number of aryl methyl sites for hydroxylation is 1. The van der Waals surface area contributed by atoms with Crippen LogP contribution in [0.4, 0.5) is 0 Å². The normalized spacial score (nSPS) is 15.0. The summed E-state index contributed by atoms with van der Waals surface area (Å²) in [6.07, 6.45) is 6.96. The van der Waals surface area contributed by atoms with Gasteiger partial charge in [0.25, 0.3) is 0 Å². The summed E-state index contributed by atoms with van der Waals surface area (Å²) in [6.45, 7) is 2.56. The van der Waals surface area contributed by atoms with Crippen molar-refractivity contribution < 1.29 is 9.59 Å². The molecule has 3 rings (SSSR count). The molecular weight excluding hydrogens is 372 g/mol. The highest BCUT2D eigenvalue weighted by molar-refractivity contribution is 5.88. The van der Waals surface area contributed by atoms with E-state index in [9.17, 15) is 9.59 Å². The van der Waals surface area contributed by atoms with Gasteiger partial charge in [0, 0.05) is 19.0 Å². The molecule has 0 radical (unpaired) electrons. The van der Waals surface area contributed by atoms with Crippen molar-refractivity contribution in [2.24, 2.45) is 0 Å². The molecule has 2 aromatic rings. The van der Waals surface area contributed by atoms with Crippen LogP contribution in [0.5, 0.6) is 0 Å². The van der Waals surface area contributed by atoms with Gasteiger partial charge in [-0.15, -0.1) is 0 Å². The van der Waals surface area contributed by atoms with E-state index in [4.69, 9.17) is 0 Å². The molecule has 0 bridgehead atoms. The summed E-state index contributed by atoms with van der Waals surface area (Å²) in [6, 6.07) is 20.1. The summed E-state index contributed by atoms with van der Waals surface area (Å²) in [5, 5.41) is 3.20. The van der Waals surface area contributed by atoms with Crippen molar-refractivity contribution in [3.63, 3.8) is 0 Å². The summed E-state index contributed by atoms with van der Waals surface area (Å²) in [5.74, 6) is 0.0636. The molecule has 4 nitrogen and oxygen atoms in total. The quantitative estimate of drug-likeness (QED) is 0.630. The van der Waals surface area contributed by atoms with Gasteiger partial charge in [0.05, 0.1) is 0 Å². The van der Waals surface area contributed by atoms with Crippen LogP contribution in [0.15, 0.2) is 60.7 Å². The standard InChI is InChI=1S/C26H34N2O2/c1-2-24(26(30)27-23-15-9-10-16-23)28(20-19-22-13-7-4-8-14-22)25(29)18-17-21-11-5-3-6-12-21/h3-8,11-14,23-24H,2,9-10,15-20H2,1H3,(H,27,30). The number of rotatable bonds is 10. The topological polar surface area (TPSA) is 49.4 Å². The molecule has 1 saturated carbocycles. The molecule has 1 aliphatic carbocycles. The molecule has 30 heavy (non-hydrogen) atoms. The van der Waals surface area contributed by atoms with Crippen molar-refractivity contribution >= 4 is 11.8 Å². The van der Waals surface area contributed by atoms with Crippen molar-refractivity contribution in [3.8, 4) is 0 Å². The van der Waals surface area contributed by atoms with Gasteiger partial charge >= 0.3 is 0 Å². The van der Waals surface area contributed by atoms with E-state index in [1.807, 2.05) is 60.4 Å². The number of benzene rings is 2. The van der Waals surface area contributed by atoms with Crippen LogP contribution in [-0.4, -0.2) is 35.3 Å². The van der Waals surface area contributed by atoms with Gasteiger partial charge in [-0.2, -0.15) is 0 Å². The summed E-state index contributed by atoms with van der Waals surface area (Å²) in [7, 11) is 0. The molecule has 1 atom stereocenters. The zero-order chi connectivity index (χ0) is 21.2. The molecule has 1 unspecified atom stereocenters. The predicted octanol–water partition coefficient (Wildman–Crippen LogP) is 4.53. The Balaban J connectivity index is 1.68. The van der Waals surface area contributed by atoms with Gasteiger partial charge < -0.3 is 10.2 Å². The molecule has 0 spiro atoms. The van der Waals surface area contributed by atoms with Crippen LogP contribution in [0.2, 0.25) is 0 Å². The Kier molecular flexibility index (Phi) is 8.49. The summed E-state index contributed by atoms with van der Waals surface area (Å²) >= 11 is 0. The van der Waals surface area contributed by atoms with E-state index in [1.165, 1.54) is 18.4 Å². The van der Waals surface area contributed by atoms with Crippen LogP contribution >= 0.6 is 0 Å². The van der Waals surface area contributed by atoms with Gasteiger partial charge in [-0.3, -0.25) is 9.59 Å². The van der Waals surface area contributed by atoms with Crippen molar-refractivity contribution in [2.75, 3.05) is 6.54 Å². The fourth-order valence-electron chi connectivity index (χ4n) is 4.30. The first-order valence-corrected chi connectivity index (χ1v) is 11.3. The van der Waals surface area contributed by atoms with E-state index in [0.717, 1.165) is 24.8 Å². The average molecular weight is 407 g/mol. The Morgan fingerprint density at radius 1 is 0.933 bits per heavy atom. The molecule has 1 N–H and O–H groups in total. The van der Waals surface area contributed by atoms with Gasteiger partial charge in [0.15, 0.2) is 0 Å². The minimum atomic E-state index is -0.405. The zero-order valence-corrected chi connectivity index (χ0v) is 18.1. The highest BCUT2D eigenvalue weighted by Crippen LogP contribution is 2.19. The smallest absolute Gasteiger partial charge is 0.243 e. The lowest BCUT2D eigenvalue weighted by molar-refractivity contribution is -0.141. The number of carbonyl (C=O) groups excluding carboxylic acids is 2. The maximum Gasteiger partial charge on any atom is 0.243 e. The van der Waals surface area contributed by atoms with Crippen LogP contribution in [0.3, 0.4) is 0 Å². The number of carbonyl (C=O) groups is 2. The fraction of sp³-hybridized carbons (Fsp3) is 0.462. The Morgan fingerprint density at radius 3 is 2.07 bits per heavy atom. The average Bonchev–Trinajstić information content (AvgIpc) is 3.29. The van der Waals surface area contributed by atoms with Crippen LogP contribution in [0.1, 0.15) is 56.6 Å². The van der Waals surface area contributed by atoms with Crippen LogP contribution in [0.25, 0.3) is 0 Å². The van der Waals surface area contributed by atoms with Gasteiger partial charge in [-0.1, -0.05) is 80.4 Å². The maximum absolute atomic E-state index is 13.2. The molecule has 0 heterocycles. The molecule has 0 aromatic heterocycles. The minimum absolute atomic E-state index is 0.00511. The van der Waals surface area contributed by atoms with E-state index in [-0.39, 0.29) is 17.9 Å². The Labute approximate surface area is 180 Å². The van der Waals surface area contributed by atoms with Crippen LogP contribution in [0, 0.1) is 0 Å². The predicted molar refractivity (Wildman–Crippen MR) is 121 cm³/mol. The first kappa shape index (κ1) is 22.1. The number of nitrogens with zero attached hydrogens (tertiary/aromatic N) is 1. The van der Waals surface area contributed by atoms with E-state index in [2.05, 4.69) is 17.4 Å². The monoisotopic (exact) mass is 406 g/mol. The Morgan fingerprint density at radius 2 is 1.50 bits per heavy atom. The van der Waals surface area contributed by atoms with Gasteiger partial charge in [-0.05, 0) is 43.2 Å². The zero-order valence-electron chi connectivity index (χ0n) is 18.1. The highest BCUT2D eigenvalue weighted by Gasteiger charge is 2.30. The van der Waals surface area contributed by atoms with Crippen molar-refractivity contribution in [2.45, 2.75) is 70.4 Å². The van der Waals surface area contributed by atoms with Crippen molar-refractivity contribution in [3.05, 3.63) is 71.8 Å². The van der Waals surface area contributed by atoms with Crippen LogP contribution < -0.4 is 5.32 Å². The molecule has 0 saturated heterocycles. The molecule has 0 aliphatic heterocycles. The van der Waals surface area contributed by atoms with Crippen molar-refractivity contribution in [1.29, 1.82) is 0 Å². The van der Waals surface area contributed by atoms with E-state index in [1.54, 1.807) is 0 Å². The summed E-state index contributed by atoms with van der Waals surface area (Å²) in [4.78, 5) is 28.1. The molecule has 4 heteroatoms. The van der Waals surface area contributed by atoms with E-state index in [0.29, 0.717) is 25.8 Å². The van der Waals surface area contributed by atoms with Gasteiger partial charge in [0.2, 0.25) is 11.8 Å². The third-order valence-corrected chi connectivity index (χ3v) is 6.04. The number of amides is 2. The molecule has 2 amide bonds. The third kappa shape index (κ3) is 6.45. The molecule has 160 valence electrons. The SMILES string of the molecule is CCC(C(=O)NC1CCCC1)N(CCc1ccccc1)C(=O)CCc1ccccc1. The second kappa shape index (κ2) is 11.5. The van der Waals surface area contributed by atoms with Crippen molar-refractivity contribution in [1.82, 2.24) is 10.2 Å². The molecule has 2 aromatic carbocycles. The van der Waals surface area contributed by atoms with Crippen LogP contribution in [-0.2, 0) is 22.4 Å². The lowest BCUT2D eigenvalue weighted by atomic mass is 10.1. The Hall–Kier alpha value is -2.62. The second-order valence-electron chi connectivity index (χ2n) is 8.22. The highest BCUT2D eigenvalue weighted by atomic mass is 16.2. The number of hydrogen-bond donors (Lipinski definition) is 1. The largest absolute Gasteiger partial charge is 0.352 e. The fourth-order valence-corrected chi connectivity index (χ4v) is 4.30. The number of hydrogen-bond acceptors (Lipinski definition) is 2. The lowest BCUT2D eigenvalue weighted by Crippen LogP contribution is -2.51. The van der Waals surface area contributed by atoms with Gasteiger partial charge in [0.1, 0.15) is 6.04 Å². The summed E-state index contributed by atoms with van der Waals surface area (Å²) in [5.41, 5.74) is 2.33. The molecule has 1 aliphatic rings. The van der Waals surface area contributed by atoms with E-state index >= 15 is 0 Å². The second-order valence-corrected chi connectivity index (χ2v) is 8.22. The molecular formula is C26H34N2O2. The van der Waals surface area contributed by atoms with E-state index < -0.39 is 6.04 Å². The maximum atomic E-state index is 13.2. The minimum Gasteiger partial charge on any atom is -0.352 e. The van der Waals surface area contributed by atoms with Gasteiger partial charge in [-0.25, -0.2) is 0 Å². The Bertz CT molecular complexity index is 785. The summed E-state index contributed by atoms with van der Waals surface area (Å²) < 4.78 is 0. The first-order valence-electron chi connectivity index (χ1n) is 11.3.